The van der Waals surface area contributed by atoms with Gasteiger partial charge in [-0.05, 0) is 48.2 Å². The highest BCUT2D eigenvalue weighted by Crippen LogP contribution is 2.12. The lowest BCUT2D eigenvalue weighted by atomic mass is 10.1. The molecule has 0 radical (unpaired) electrons. The van der Waals surface area contributed by atoms with Crippen LogP contribution in [0.15, 0.2) is 72.0 Å². The fourth-order valence-corrected chi connectivity index (χ4v) is 3.25. The normalized spacial score (nSPS) is 10.9. The summed E-state index contributed by atoms with van der Waals surface area (Å²) >= 11 is 0. The van der Waals surface area contributed by atoms with Gasteiger partial charge >= 0.3 is 0 Å². The molecule has 0 bridgehead atoms. The van der Waals surface area contributed by atoms with E-state index in [4.69, 9.17) is 4.99 Å². The smallest absolute Gasteiger partial charge is 0.246 e. The van der Waals surface area contributed by atoms with Gasteiger partial charge in [0.15, 0.2) is 5.96 Å². The second kappa shape index (κ2) is 13.5. The van der Waals surface area contributed by atoms with E-state index < -0.39 is 0 Å². The number of aryl methyl sites for hydroxylation is 1. The molecule has 1 aromatic heterocycles. The molecule has 0 spiro atoms. The number of aliphatic imine (C=N–C) groups is 1. The minimum atomic E-state index is -0.117. The molecule has 0 aliphatic heterocycles. The zero-order chi connectivity index (χ0) is 21.9. The number of nitrogens with zero attached hydrogens (tertiary/aromatic N) is 3. The predicted octanol–water partition coefficient (Wildman–Crippen LogP) is 3.96. The number of rotatable bonds is 9. The standard InChI is InChI=1S/C24H30N6O.HI/c1-3-20-10-5-6-11-21(20)17-27-24(25-4-2)26-16-19-9-7-12-22(15-19)29-23(31)18-30-14-8-13-28-30;/h5-15H,3-4,16-18H2,1-2H3,(H,29,31)(H2,25,26,27);1H. The number of amides is 1. The Labute approximate surface area is 206 Å². The number of guanidine groups is 1. The highest BCUT2D eigenvalue weighted by atomic mass is 127. The lowest BCUT2D eigenvalue weighted by molar-refractivity contribution is -0.116. The lowest BCUT2D eigenvalue weighted by Crippen LogP contribution is -2.37. The molecule has 0 saturated carbocycles. The van der Waals surface area contributed by atoms with Crippen molar-refractivity contribution in [1.29, 1.82) is 0 Å². The van der Waals surface area contributed by atoms with Gasteiger partial charge in [-0.3, -0.25) is 9.48 Å². The summed E-state index contributed by atoms with van der Waals surface area (Å²) in [6.07, 6.45) is 4.42. The van der Waals surface area contributed by atoms with Gasteiger partial charge in [0.05, 0.1) is 6.54 Å². The van der Waals surface area contributed by atoms with E-state index in [0.29, 0.717) is 6.54 Å². The van der Waals surface area contributed by atoms with Gasteiger partial charge in [-0.25, -0.2) is 4.99 Å². The van der Waals surface area contributed by atoms with Crippen LogP contribution in [0.3, 0.4) is 0 Å². The minimum Gasteiger partial charge on any atom is -0.357 e. The van der Waals surface area contributed by atoms with E-state index in [0.717, 1.165) is 36.7 Å². The topological polar surface area (TPSA) is 83.3 Å². The summed E-state index contributed by atoms with van der Waals surface area (Å²) in [6, 6.07) is 18.0. The number of benzene rings is 2. The van der Waals surface area contributed by atoms with Crippen LogP contribution in [0.4, 0.5) is 5.69 Å². The van der Waals surface area contributed by atoms with Crippen molar-refractivity contribution in [2.24, 2.45) is 4.99 Å². The summed E-state index contributed by atoms with van der Waals surface area (Å²) in [6.45, 7) is 6.41. The van der Waals surface area contributed by atoms with Crippen molar-refractivity contribution >= 4 is 41.5 Å². The Hall–Kier alpha value is -2.88. The first-order valence-corrected chi connectivity index (χ1v) is 10.6. The Balaban J connectivity index is 0.00000363. The van der Waals surface area contributed by atoms with Crippen molar-refractivity contribution < 1.29 is 4.79 Å². The average molecular weight is 546 g/mol. The van der Waals surface area contributed by atoms with Crippen LogP contribution in [0.5, 0.6) is 0 Å². The van der Waals surface area contributed by atoms with Gasteiger partial charge in [0.2, 0.25) is 5.91 Å². The largest absolute Gasteiger partial charge is 0.357 e. The van der Waals surface area contributed by atoms with Gasteiger partial charge in [0.1, 0.15) is 6.54 Å². The number of hydrogen-bond donors (Lipinski definition) is 3. The molecule has 3 N–H and O–H groups in total. The SMILES string of the molecule is CCNC(=NCc1cccc(NC(=O)Cn2cccn2)c1)NCc1ccccc1CC.I. The van der Waals surface area contributed by atoms with E-state index >= 15 is 0 Å². The van der Waals surface area contributed by atoms with Gasteiger partial charge in [-0.2, -0.15) is 5.10 Å². The van der Waals surface area contributed by atoms with Gasteiger partial charge in [0.25, 0.3) is 0 Å². The molecule has 8 heteroatoms. The molecular weight excluding hydrogens is 515 g/mol. The highest BCUT2D eigenvalue weighted by molar-refractivity contribution is 14.0. The van der Waals surface area contributed by atoms with E-state index in [9.17, 15) is 4.79 Å². The monoisotopic (exact) mass is 546 g/mol. The van der Waals surface area contributed by atoms with Crippen LogP contribution in [0, 0.1) is 0 Å². The maximum absolute atomic E-state index is 12.2. The number of anilines is 1. The predicted molar refractivity (Wildman–Crippen MR) is 140 cm³/mol. The average Bonchev–Trinajstić information content (AvgIpc) is 3.29. The Morgan fingerprint density at radius 2 is 1.84 bits per heavy atom. The van der Waals surface area contributed by atoms with Crippen LogP contribution < -0.4 is 16.0 Å². The van der Waals surface area contributed by atoms with E-state index in [2.05, 4.69) is 52.2 Å². The number of carbonyl (C=O) groups is 1. The summed E-state index contributed by atoms with van der Waals surface area (Å²) < 4.78 is 1.59. The molecule has 3 aromatic rings. The van der Waals surface area contributed by atoms with Crippen LogP contribution in [0.2, 0.25) is 0 Å². The molecule has 0 aliphatic carbocycles. The number of halogens is 1. The third-order valence-corrected chi connectivity index (χ3v) is 4.79. The van der Waals surface area contributed by atoms with Crippen LogP contribution in [0.25, 0.3) is 0 Å². The van der Waals surface area contributed by atoms with Gasteiger partial charge in [-0.15, -0.1) is 24.0 Å². The number of aromatic nitrogens is 2. The third-order valence-electron chi connectivity index (χ3n) is 4.79. The maximum Gasteiger partial charge on any atom is 0.246 e. The van der Waals surface area contributed by atoms with Crippen LogP contribution in [-0.4, -0.2) is 28.2 Å². The molecule has 0 saturated heterocycles. The second-order valence-corrected chi connectivity index (χ2v) is 7.12. The van der Waals surface area contributed by atoms with Crippen LogP contribution >= 0.6 is 24.0 Å². The van der Waals surface area contributed by atoms with Crippen LogP contribution in [0.1, 0.15) is 30.5 Å². The van der Waals surface area contributed by atoms with Gasteiger partial charge in [-0.1, -0.05) is 43.3 Å². The Bertz CT molecular complexity index is 1000. The first-order chi connectivity index (χ1) is 15.2. The van der Waals surface area contributed by atoms with Crippen molar-refractivity contribution in [2.75, 3.05) is 11.9 Å². The molecule has 0 aliphatic rings. The number of carbonyl (C=O) groups excluding carboxylic acids is 1. The summed E-state index contributed by atoms with van der Waals surface area (Å²) in [7, 11) is 0. The molecule has 0 atom stereocenters. The zero-order valence-electron chi connectivity index (χ0n) is 18.5. The summed E-state index contributed by atoms with van der Waals surface area (Å²) in [4.78, 5) is 16.9. The first-order valence-electron chi connectivity index (χ1n) is 10.6. The molecule has 1 amide bonds. The molecule has 32 heavy (non-hydrogen) atoms. The summed E-state index contributed by atoms with van der Waals surface area (Å²) in [5.41, 5.74) is 4.38. The van der Waals surface area contributed by atoms with Crippen molar-refractivity contribution in [3.8, 4) is 0 Å². The van der Waals surface area contributed by atoms with Crippen molar-refractivity contribution in [3.05, 3.63) is 83.7 Å². The molecule has 170 valence electrons. The van der Waals surface area contributed by atoms with E-state index in [1.165, 1.54) is 11.1 Å². The molecule has 3 rings (SSSR count). The van der Waals surface area contributed by atoms with Gasteiger partial charge < -0.3 is 16.0 Å². The Kier molecular flexibility index (Phi) is 10.7. The van der Waals surface area contributed by atoms with E-state index in [-0.39, 0.29) is 36.4 Å². The summed E-state index contributed by atoms with van der Waals surface area (Å²) in [5.74, 6) is 0.649. The summed E-state index contributed by atoms with van der Waals surface area (Å²) in [5, 5.41) is 13.7. The van der Waals surface area contributed by atoms with Crippen molar-refractivity contribution in [2.45, 2.75) is 39.9 Å². The molecule has 0 fully saturated rings. The Morgan fingerprint density at radius 3 is 2.56 bits per heavy atom. The van der Waals surface area contributed by atoms with Gasteiger partial charge in [0, 0.05) is 31.2 Å². The number of nitrogens with one attached hydrogen (secondary N) is 3. The fourth-order valence-electron chi connectivity index (χ4n) is 3.25. The molecule has 2 aromatic carbocycles. The van der Waals surface area contributed by atoms with Crippen molar-refractivity contribution in [1.82, 2.24) is 20.4 Å². The minimum absolute atomic E-state index is 0. The first kappa shape index (κ1) is 25.4. The second-order valence-electron chi connectivity index (χ2n) is 7.12. The molecular formula is C24H31IN6O. The quantitative estimate of drug-likeness (QED) is 0.216. The highest BCUT2D eigenvalue weighted by Gasteiger charge is 2.05. The zero-order valence-corrected chi connectivity index (χ0v) is 20.9. The lowest BCUT2D eigenvalue weighted by Gasteiger charge is -2.13. The number of hydrogen-bond acceptors (Lipinski definition) is 3. The fraction of sp³-hybridized carbons (Fsp3) is 0.292. The van der Waals surface area contributed by atoms with Crippen LogP contribution in [-0.2, 0) is 30.8 Å². The Morgan fingerprint density at radius 1 is 1.03 bits per heavy atom. The third kappa shape index (κ3) is 7.99. The molecule has 1 heterocycles. The maximum atomic E-state index is 12.2. The van der Waals surface area contributed by atoms with E-state index in [1.54, 1.807) is 23.1 Å². The van der Waals surface area contributed by atoms with Crippen molar-refractivity contribution in [3.63, 3.8) is 0 Å². The molecule has 7 nitrogen and oxygen atoms in total. The van der Waals surface area contributed by atoms with E-state index in [1.807, 2.05) is 31.2 Å². The molecule has 0 unspecified atom stereocenters.